The number of aromatic nitrogens is 1. The molecule has 0 saturated heterocycles. The second kappa shape index (κ2) is 6.15. The summed E-state index contributed by atoms with van der Waals surface area (Å²) in [6.45, 7) is 0.408. The summed E-state index contributed by atoms with van der Waals surface area (Å²) in [7, 11) is 1.57. The molecule has 0 bridgehead atoms. The second-order valence-electron chi connectivity index (χ2n) is 4.07. The summed E-state index contributed by atoms with van der Waals surface area (Å²) in [6, 6.07) is 9.77. The number of anilines is 1. The van der Waals surface area contributed by atoms with Gasteiger partial charge in [0, 0.05) is 24.5 Å². The lowest BCUT2D eigenvalue weighted by molar-refractivity contribution is 0.397. The van der Waals surface area contributed by atoms with Crippen molar-refractivity contribution < 1.29 is 9.13 Å². The van der Waals surface area contributed by atoms with Gasteiger partial charge in [-0.3, -0.25) is 0 Å². The average molecular weight is 261 g/mol. The smallest absolute Gasteiger partial charge is 0.212 e. The summed E-state index contributed by atoms with van der Waals surface area (Å²) < 4.78 is 17.8. The fraction of sp³-hybridized carbons (Fsp3) is 0.214. The quantitative estimate of drug-likeness (QED) is 0.867. The normalized spacial score (nSPS) is 11.9. The number of methoxy groups -OCH3 is 1. The molecule has 1 heterocycles. The van der Waals surface area contributed by atoms with E-state index in [1.54, 1.807) is 31.5 Å². The predicted molar refractivity (Wildman–Crippen MR) is 72.6 cm³/mol. The molecule has 0 aliphatic rings. The minimum absolute atomic E-state index is 0.0798. The van der Waals surface area contributed by atoms with Gasteiger partial charge in [-0.2, -0.15) is 0 Å². The molecule has 19 heavy (non-hydrogen) atoms. The fourth-order valence-electron chi connectivity index (χ4n) is 1.74. The zero-order chi connectivity index (χ0) is 13.7. The van der Waals surface area contributed by atoms with E-state index in [1.165, 1.54) is 12.1 Å². The van der Waals surface area contributed by atoms with Gasteiger partial charge in [0.2, 0.25) is 5.88 Å². The van der Waals surface area contributed by atoms with Crippen molar-refractivity contribution in [1.82, 2.24) is 4.98 Å². The highest BCUT2D eigenvalue weighted by Crippen LogP contribution is 2.19. The molecule has 0 aliphatic carbocycles. The van der Waals surface area contributed by atoms with Crippen LogP contribution < -0.4 is 15.8 Å². The lowest BCUT2D eigenvalue weighted by Crippen LogP contribution is -2.20. The maximum atomic E-state index is 12.8. The van der Waals surface area contributed by atoms with Crippen LogP contribution in [0.25, 0.3) is 0 Å². The summed E-state index contributed by atoms with van der Waals surface area (Å²) in [5.41, 5.74) is 7.52. The number of hydrogen-bond acceptors (Lipinski definition) is 4. The molecule has 1 aromatic heterocycles. The van der Waals surface area contributed by atoms with Gasteiger partial charge in [0.25, 0.3) is 0 Å². The molecular formula is C14H16FN3O. The number of pyridine rings is 1. The second-order valence-corrected chi connectivity index (χ2v) is 4.07. The first kappa shape index (κ1) is 13.3. The van der Waals surface area contributed by atoms with E-state index in [1.807, 2.05) is 6.07 Å². The van der Waals surface area contributed by atoms with Crippen LogP contribution >= 0.6 is 0 Å². The largest absolute Gasteiger partial charge is 0.481 e. The molecule has 100 valence electrons. The minimum Gasteiger partial charge on any atom is -0.481 e. The van der Waals surface area contributed by atoms with Crippen molar-refractivity contribution in [3.63, 3.8) is 0 Å². The minimum atomic E-state index is -0.263. The molecule has 3 N–H and O–H groups in total. The highest BCUT2D eigenvalue weighted by atomic mass is 19.1. The Morgan fingerprint density at radius 3 is 2.53 bits per heavy atom. The van der Waals surface area contributed by atoms with Crippen LogP contribution in [0.4, 0.5) is 10.1 Å². The summed E-state index contributed by atoms with van der Waals surface area (Å²) in [5, 5.41) is 3.24. The number of ether oxygens (including phenoxy) is 1. The van der Waals surface area contributed by atoms with E-state index < -0.39 is 0 Å². The van der Waals surface area contributed by atoms with E-state index >= 15 is 0 Å². The number of nitrogens with two attached hydrogens (primary N) is 1. The van der Waals surface area contributed by atoms with Gasteiger partial charge < -0.3 is 15.8 Å². The lowest BCUT2D eigenvalue weighted by Gasteiger charge is -2.18. The topological polar surface area (TPSA) is 60.2 Å². The third kappa shape index (κ3) is 3.42. The van der Waals surface area contributed by atoms with E-state index in [0.29, 0.717) is 12.4 Å². The van der Waals surface area contributed by atoms with Crippen LogP contribution in [-0.4, -0.2) is 18.6 Å². The van der Waals surface area contributed by atoms with Crippen molar-refractivity contribution in [3.05, 3.63) is 54.0 Å². The molecule has 2 rings (SSSR count). The van der Waals surface area contributed by atoms with Gasteiger partial charge >= 0.3 is 0 Å². The van der Waals surface area contributed by atoms with Crippen LogP contribution in [0.5, 0.6) is 5.88 Å². The molecule has 0 saturated carbocycles. The van der Waals surface area contributed by atoms with Crippen molar-refractivity contribution in [2.75, 3.05) is 19.0 Å². The monoisotopic (exact) mass is 261 g/mol. The zero-order valence-electron chi connectivity index (χ0n) is 10.6. The molecule has 0 spiro atoms. The number of hydrogen-bond donors (Lipinski definition) is 2. The van der Waals surface area contributed by atoms with Gasteiger partial charge in [0.15, 0.2) is 0 Å². The van der Waals surface area contributed by atoms with Crippen LogP contribution in [0.1, 0.15) is 11.6 Å². The van der Waals surface area contributed by atoms with E-state index in [0.717, 1.165) is 11.3 Å². The zero-order valence-corrected chi connectivity index (χ0v) is 10.6. The first-order valence-corrected chi connectivity index (χ1v) is 5.95. The molecule has 5 heteroatoms. The molecule has 0 aliphatic heterocycles. The molecular weight excluding hydrogens is 245 g/mol. The molecule has 2 aromatic rings. The Morgan fingerprint density at radius 2 is 2.00 bits per heavy atom. The highest BCUT2D eigenvalue weighted by Gasteiger charge is 2.10. The molecule has 1 aromatic carbocycles. The molecule has 0 fully saturated rings. The Bertz CT molecular complexity index is 513. The number of nitrogens with one attached hydrogen (secondary N) is 1. The Hall–Kier alpha value is -2.14. The van der Waals surface area contributed by atoms with Crippen LogP contribution in [0.3, 0.4) is 0 Å². The van der Waals surface area contributed by atoms with Crippen molar-refractivity contribution in [2.24, 2.45) is 5.73 Å². The molecule has 0 radical (unpaired) electrons. The van der Waals surface area contributed by atoms with Crippen LogP contribution in [0.15, 0.2) is 42.6 Å². The van der Waals surface area contributed by atoms with Gasteiger partial charge in [0.05, 0.1) is 13.2 Å². The number of benzene rings is 1. The van der Waals surface area contributed by atoms with Crippen molar-refractivity contribution >= 4 is 5.69 Å². The molecule has 0 amide bonds. The van der Waals surface area contributed by atoms with Gasteiger partial charge in [-0.25, -0.2) is 9.37 Å². The SMILES string of the molecule is COc1ccc(C(CN)Nc2ccc(F)cc2)cn1. The fourth-order valence-corrected chi connectivity index (χ4v) is 1.74. The van der Waals surface area contributed by atoms with Gasteiger partial charge in [-0.1, -0.05) is 6.07 Å². The van der Waals surface area contributed by atoms with E-state index in [9.17, 15) is 4.39 Å². The van der Waals surface area contributed by atoms with E-state index in [2.05, 4.69) is 10.3 Å². The van der Waals surface area contributed by atoms with Crippen LogP contribution in [-0.2, 0) is 0 Å². The van der Waals surface area contributed by atoms with Gasteiger partial charge in [-0.15, -0.1) is 0 Å². The molecule has 1 atom stereocenters. The van der Waals surface area contributed by atoms with E-state index in [4.69, 9.17) is 10.5 Å². The summed E-state index contributed by atoms with van der Waals surface area (Å²) >= 11 is 0. The van der Waals surface area contributed by atoms with E-state index in [-0.39, 0.29) is 11.9 Å². The Balaban J connectivity index is 2.12. The third-order valence-corrected chi connectivity index (χ3v) is 2.79. The Morgan fingerprint density at radius 1 is 1.26 bits per heavy atom. The van der Waals surface area contributed by atoms with Crippen molar-refractivity contribution in [2.45, 2.75) is 6.04 Å². The molecule has 4 nitrogen and oxygen atoms in total. The number of rotatable bonds is 5. The maximum Gasteiger partial charge on any atom is 0.212 e. The lowest BCUT2D eigenvalue weighted by atomic mass is 10.1. The highest BCUT2D eigenvalue weighted by molar-refractivity contribution is 5.45. The Kier molecular flexibility index (Phi) is 4.30. The van der Waals surface area contributed by atoms with Crippen LogP contribution in [0.2, 0.25) is 0 Å². The third-order valence-electron chi connectivity index (χ3n) is 2.79. The molecule has 1 unspecified atom stereocenters. The maximum absolute atomic E-state index is 12.8. The summed E-state index contributed by atoms with van der Waals surface area (Å²) in [4.78, 5) is 4.14. The first-order chi connectivity index (χ1) is 9.22. The first-order valence-electron chi connectivity index (χ1n) is 5.95. The predicted octanol–water partition coefficient (Wildman–Crippen LogP) is 2.34. The van der Waals surface area contributed by atoms with Gasteiger partial charge in [0.1, 0.15) is 5.82 Å². The summed E-state index contributed by atoms with van der Waals surface area (Å²) in [6.07, 6.45) is 1.72. The van der Waals surface area contributed by atoms with Crippen molar-refractivity contribution in [3.8, 4) is 5.88 Å². The standard InChI is InChI=1S/C14H16FN3O/c1-19-14-7-2-10(9-17-14)13(8-16)18-12-5-3-11(15)4-6-12/h2-7,9,13,18H,8,16H2,1H3. The number of halogens is 1. The number of nitrogens with zero attached hydrogens (tertiary/aromatic N) is 1. The Labute approximate surface area is 111 Å². The summed E-state index contributed by atoms with van der Waals surface area (Å²) in [5.74, 6) is 0.294. The van der Waals surface area contributed by atoms with Crippen molar-refractivity contribution in [1.29, 1.82) is 0 Å². The van der Waals surface area contributed by atoms with Crippen LogP contribution in [0, 0.1) is 5.82 Å². The average Bonchev–Trinajstić information content (AvgIpc) is 2.47. The van der Waals surface area contributed by atoms with Gasteiger partial charge in [-0.05, 0) is 29.8 Å².